The molecule has 0 fully saturated rings. The predicted molar refractivity (Wildman–Crippen MR) is 95.1 cm³/mol. The lowest BCUT2D eigenvalue weighted by molar-refractivity contribution is 0.528. The van der Waals surface area contributed by atoms with Gasteiger partial charge in [0.2, 0.25) is 0 Å². The number of nitrogens with one attached hydrogen (secondary N) is 1. The van der Waals surface area contributed by atoms with Crippen LogP contribution in [0.25, 0.3) is 0 Å². The highest BCUT2D eigenvalue weighted by molar-refractivity contribution is 9.10. The van der Waals surface area contributed by atoms with Crippen LogP contribution in [-0.2, 0) is 6.42 Å². The van der Waals surface area contributed by atoms with Crippen LogP contribution in [-0.4, -0.2) is 6.54 Å². The Balaban J connectivity index is 2.27. The highest BCUT2D eigenvalue weighted by Crippen LogP contribution is 2.29. The first kappa shape index (κ1) is 16.5. The zero-order valence-corrected chi connectivity index (χ0v) is 14.8. The third-order valence-electron chi connectivity index (χ3n) is 3.55. The molecule has 0 spiro atoms. The fourth-order valence-electron chi connectivity index (χ4n) is 2.41. The number of rotatable bonds is 6. The van der Waals surface area contributed by atoms with Gasteiger partial charge in [0.15, 0.2) is 0 Å². The molecule has 1 unspecified atom stereocenters. The Hall–Kier alpha value is -0.830. The molecule has 3 heteroatoms. The van der Waals surface area contributed by atoms with Crippen LogP contribution in [0.15, 0.2) is 46.9 Å². The van der Waals surface area contributed by atoms with Crippen molar-refractivity contribution in [2.75, 3.05) is 6.54 Å². The van der Waals surface area contributed by atoms with Gasteiger partial charge in [-0.25, -0.2) is 0 Å². The highest BCUT2D eigenvalue weighted by Gasteiger charge is 2.16. The van der Waals surface area contributed by atoms with Crippen molar-refractivity contribution in [1.29, 1.82) is 0 Å². The van der Waals surface area contributed by atoms with E-state index in [2.05, 4.69) is 65.4 Å². The Bertz CT molecular complexity index is 598. The lowest BCUT2D eigenvalue weighted by Crippen LogP contribution is -2.24. The molecule has 1 N–H and O–H groups in total. The second-order valence-corrected chi connectivity index (χ2v) is 6.59. The molecule has 0 saturated heterocycles. The summed E-state index contributed by atoms with van der Waals surface area (Å²) in [6.45, 7) is 5.23. The smallest absolute Gasteiger partial charge is 0.0456 e. The predicted octanol–water partition coefficient (Wildman–Crippen LogP) is 5.69. The summed E-state index contributed by atoms with van der Waals surface area (Å²) < 4.78 is 1.15. The minimum atomic E-state index is 0.233. The van der Waals surface area contributed by atoms with Crippen LogP contribution < -0.4 is 5.32 Å². The fourth-order valence-corrected chi connectivity index (χ4v) is 3.22. The lowest BCUT2D eigenvalue weighted by Gasteiger charge is -2.21. The van der Waals surface area contributed by atoms with Crippen molar-refractivity contribution in [2.45, 2.75) is 32.7 Å². The Kier molecular flexibility index (Phi) is 6.28. The van der Waals surface area contributed by atoms with E-state index in [-0.39, 0.29) is 6.04 Å². The molecule has 2 rings (SSSR count). The Morgan fingerprint density at radius 2 is 1.95 bits per heavy atom. The Morgan fingerprint density at radius 3 is 2.62 bits per heavy atom. The molecule has 0 aliphatic heterocycles. The van der Waals surface area contributed by atoms with Gasteiger partial charge in [-0.15, -0.1) is 0 Å². The summed E-state index contributed by atoms with van der Waals surface area (Å²) in [6, 6.07) is 14.9. The number of halogens is 2. The van der Waals surface area contributed by atoms with E-state index in [0.29, 0.717) is 0 Å². The third kappa shape index (κ3) is 4.57. The maximum absolute atomic E-state index is 6.46. The minimum Gasteiger partial charge on any atom is -0.310 e. The van der Waals surface area contributed by atoms with E-state index < -0.39 is 0 Å². The lowest BCUT2D eigenvalue weighted by atomic mass is 9.97. The Morgan fingerprint density at radius 1 is 1.19 bits per heavy atom. The number of benzene rings is 2. The molecule has 0 heterocycles. The first-order valence-electron chi connectivity index (χ1n) is 7.34. The van der Waals surface area contributed by atoms with E-state index in [1.165, 1.54) is 16.7 Å². The van der Waals surface area contributed by atoms with Crippen molar-refractivity contribution in [2.24, 2.45) is 0 Å². The largest absolute Gasteiger partial charge is 0.310 e. The molecule has 0 bridgehead atoms. The normalized spacial score (nSPS) is 12.4. The molecule has 0 aliphatic carbocycles. The molecular formula is C18H21BrClN. The molecule has 0 amide bonds. The summed E-state index contributed by atoms with van der Waals surface area (Å²) >= 11 is 10.1. The van der Waals surface area contributed by atoms with Crippen molar-refractivity contribution < 1.29 is 0 Å². The quantitative estimate of drug-likeness (QED) is 0.692. The van der Waals surface area contributed by atoms with Crippen molar-refractivity contribution in [3.05, 3.63) is 68.7 Å². The van der Waals surface area contributed by atoms with Crippen LogP contribution in [0.3, 0.4) is 0 Å². The summed E-state index contributed by atoms with van der Waals surface area (Å²) in [5.74, 6) is 0. The topological polar surface area (TPSA) is 12.0 Å². The molecule has 1 nitrogen and oxygen atoms in total. The van der Waals surface area contributed by atoms with Gasteiger partial charge in [0.05, 0.1) is 0 Å². The van der Waals surface area contributed by atoms with Gasteiger partial charge in [-0.2, -0.15) is 0 Å². The van der Waals surface area contributed by atoms with Crippen LogP contribution >= 0.6 is 27.5 Å². The first-order chi connectivity index (χ1) is 10.1. The standard InChI is InChI=1S/C18H21BrClN/c1-3-10-21-18(12-14-6-4-5-7-16(14)19)15-9-8-13(2)11-17(15)20/h4-9,11,18,21H,3,10,12H2,1-2H3. The number of aryl methyl sites for hydroxylation is 1. The van der Waals surface area contributed by atoms with E-state index in [9.17, 15) is 0 Å². The van der Waals surface area contributed by atoms with E-state index in [1.54, 1.807) is 0 Å². The fraction of sp³-hybridized carbons (Fsp3) is 0.333. The highest BCUT2D eigenvalue weighted by atomic mass is 79.9. The van der Waals surface area contributed by atoms with Crippen molar-refractivity contribution in [3.63, 3.8) is 0 Å². The van der Waals surface area contributed by atoms with Gasteiger partial charge in [0.25, 0.3) is 0 Å². The summed E-state index contributed by atoms with van der Waals surface area (Å²) in [5, 5.41) is 4.46. The molecule has 2 aromatic carbocycles. The van der Waals surface area contributed by atoms with Gasteiger partial charge in [-0.3, -0.25) is 0 Å². The molecule has 1 atom stereocenters. The van der Waals surface area contributed by atoms with E-state index >= 15 is 0 Å². The first-order valence-corrected chi connectivity index (χ1v) is 8.51. The summed E-state index contributed by atoms with van der Waals surface area (Å²) in [6.07, 6.45) is 2.03. The zero-order valence-electron chi connectivity index (χ0n) is 12.5. The van der Waals surface area contributed by atoms with Gasteiger partial charge >= 0.3 is 0 Å². The molecule has 0 saturated carbocycles. The average Bonchev–Trinajstić information content (AvgIpc) is 2.46. The van der Waals surface area contributed by atoms with Crippen LogP contribution in [0, 0.1) is 6.92 Å². The second kappa shape index (κ2) is 7.98. The second-order valence-electron chi connectivity index (χ2n) is 5.33. The van der Waals surface area contributed by atoms with Gasteiger partial charge in [0, 0.05) is 15.5 Å². The van der Waals surface area contributed by atoms with E-state index in [0.717, 1.165) is 28.9 Å². The summed E-state index contributed by atoms with van der Waals surface area (Å²) in [4.78, 5) is 0. The maximum atomic E-state index is 6.46. The maximum Gasteiger partial charge on any atom is 0.0456 e. The summed E-state index contributed by atoms with van der Waals surface area (Å²) in [7, 11) is 0. The minimum absolute atomic E-state index is 0.233. The van der Waals surface area contributed by atoms with Crippen LogP contribution in [0.5, 0.6) is 0 Å². The molecular weight excluding hydrogens is 346 g/mol. The molecule has 112 valence electrons. The van der Waals surface area contributed by atoms with Crippen molar-refractivity contribution >= 4 is 27.5 Å². The zero-order chi connectivity index (χ0) is 15.2. The summed E-state index contributed by atoms with van der Waals surface area (Å²) in [5.41, 5.74) is 3.66. The van der Waals surface area contributed by atoms with Crippen LogP contribution in [0.2, 0.25) is 5.02 Å². The van der Waals surface area contributed by atoms with Gasteiger partial charge in [-0.1, -0.05) is 64.8 Å². The number of hydrogen-bond donors (Lipinski definition) is 1. The SMILES string of the molecule is CCCNC(Cc1ccccc1Br)c1ccc(C)cc1Cl. The van der Waals surface area contributed by atoms with Gasteiger partial charge in [0.1, 0.15) is 0 Å². The molecule has 0 aromatic heterocycles. The van der Waals surface area contributed by atoms with Crippen molar-refractivity contribution in [3.8, 4) is 0 Å². The number of hydrogen-bond acceptors (Lipinski definition) is 1. The van der Waals surface area contributed by atoms with Gasteiger partial charge in [-0.05, 0) is 55.1 Å². The van der Waals surface area contributed by atoms with E-state index in [4.69, 9.17) is 11.6 Å². The molecule has 0 aliphatic rings. The monoisotopic (exact) mass is 365 g/mol. The molecule has 2 aromatic rings. The molecule has 0 radical (unpaired) electrons. The average molecular weight is 367 g/mol. The van der Waals surface area contributed by atoms with Crippen LogP contribution in [0.4, 0.5) is 0 Å². The van der Waals surface area contributed by atoms with E-state index in [1.807, 2.05) is 12.1 Å². The van der Waals surface area contributed by atoms with Crippen LogP contribution in [0.1, 0.15) is 36.1 Å². The molecule has 21 heavy (non-hydrogen) atoms. The van der Waals surface area contributed by atoms with Crippen molar-refractivity contribution in [1.82, 2.24) is 5.32 Å². The van der Waals surface area contributed by atoms with Gasteiger partial charge < -0.3 is 5.32 Å². The third-order valence-corrected chi connectivity index (χ3v) is 4.65. The Labute approximate surface area is 140 Å².